The second-order valence-corrected chi connectivity index (χ2v) is 5.18. The maximum Gasteiger partial charge on any atom is 0.226 e. The first-order chi connectivity index (χ1) is 8.93. The summed E-state index contributed by atoms with van der Waals surface area (Å²) in [4.78, 5) is 13.5. The Morgan fingerprint density at radius 3 is 2.58 bits per heavy atom. The van der Waals surface area contributed by atoms with Gasteiger partial charge in [-0.2, -0.15) is 0 Å². The van der Waals surface area contributed by atoms with Gasteiger partial charge in [-0.1, -0.05) is 12.1 Å². The fraction of sp³-hybridized carbons (Fsp3) is 0.533. The van der Waals surface area contributed by atoms with Gasteiger partial charge in [-0.05, 0) is 38.0 Å². The Morgan fingerprint density at radius 1 is 1.37 bits per heavy atom. The van der Waals surface area contributed by atoms with E-state index < -0.39 is 0 Å². The lowest BCUT2D eigenvalue weighted by Crippen LogP contribution is -2.35. The van der Waals surface area contributed by atoms with Crippen molar-refractivity contribution in [1.82, 2.24) is 4.90 Å². The van der Waals surface area contributed by atoms with Crippen LogP contribution < -0.4 is 10.5 Å². The molecule has 1 amide bonds. The van der Waals surface area contributed by atoms with E-state index in [1.807, 2.05) is 38.1 Å². The average molecular weight is 264 g/mol. The minimum Gasteiger partial charge on any atom is -0.491 e. The molecule has 0 aromatic heterocycles. The van der Waals surface area contributed by atoms with Gasteiger partial charge in [-0.15, -0.1) is 0 Å². The Hall–Kier alpha value is -1.55. The highest BCUT2D eigenvalue weighted by molar-refractivity contribution is 5.78. The van der Waals surface area contributed by atoms with Gasteiger partial charge in [0.05, 0.1) is 12.0 Å². The van der Waals surface area contributed by atoms with Crippen LogP contribution >= 0.6 is 0 Å². The van der Waals surface area contributed by atoms with E-state index in [0.29, 0.717) is 13.0 Å². The first-order valence-corrected chi connectivity index (χ1v) is 6.61. The molecule has 1 rings (SSSR count). The van der Waals surface area contributed by atoms with Crippen molar-refractivity contribution >= 4 is 5.91 Å². The first-order valence-electron chi connectivity index (χ1n) is 6.61. The average Bonchev–Trinajstić information content (AvgIpc) is 2.34. The molecule has 106 valence electrons. The van der Waals surface area contributed by atoms with Crippen molar-refractivity contribution in [3.63, 3.8) is 0 Å². The van der Waals surface area contributed by atoms with Gasteiger partial charge in [0, 0.05) is 20.6 Å². The molecule has 0 aliphatic rings. The lowest BCUT2D eigenvalue weighted by Gasteiger charge is -2.19. The number of carbonyl (C=O) groups is 1. The third kappa shape index (κ3) is 4.91. The summed E-state index contributed by atoms with van der Waals surface area (Å²) in [6.07, 6.45) is 0.784. The molecule has 4 heteroatoms. The van der Waals surface area contributed by atoms with Crippen LogP contribution in [0.1, 0.15) is 19.4 Å². The summed E-state index contributed by atoms with van der Waals surface area (Å²) in [7, 11) is 3.51. The molecule has 0 aliphatic heterocycles. The summed E-state index contributed by atoms with van der Waals surface area (Å²) in [5, 5.41) is 0. The lowest BCUT2D eigenvalue weighted by molar-refractivity contribution is -0.132. The van der Waals surface area contributed by atoms with Crippen molar-refractivity contribution in [3.05, 3.63) is 29.8 Å². The third-order valence-electron chi connectivity index (χ3n) is 2.83. The number of hydrogen-bond acceptors (Lipinski definition) is 3. The standard InChI is InChI=1S/C15H24N2O2/c1-11(2)19-14-7-5-6-12(9-14)8-13(10-16)15(18)17(3)4/h5-7,9,11,13H,8,10,16H2,1-4H3. The van der Waals surface area contributed by atoms with Gasteiger partial charge in [0.25, 0.3) is 0 Å². The minimum atomic E-state index is -0.177. The van der Waals surface area contributed by atoms with Crippen LogP contribution in [0.15, 0.2) is 24.3 Å². The van der Waals surface area contributed by atoms with Crippen LogP contribution in [0.25, 0.3) is 0 Å². The van der Waals surface area contributed by atoms with E-state index in [1.165, 1.54) is 0 Å². The quantitative estimate of drug-likeness (QED) is 0.850. The van der Waals surface area contributed by atoms with Gasteiger partial charge in [0.2, 0.25) is 5.91 Å². The molecule has 0 saturated heterocycles. The molecule has 0 aliphatic carbocycles. The molecule has 19 heavy (non-hydrogen) atoms. The summed E-state index contributed by atoms with van der Waals surface area (Å²) in [6.45, 7) is 4.34. The van der Waals surface area contributed by atoms with Crippen LogP contribution in [0.2, 0.25) is 0 Å². The van der Waals surface area contributed by atoms with E-state index in [1.54, 1.807) is 19.0 Å². The Kier molecular flexibility index (Phi) is 5.83. The minimum absolute atomic E-state index is 0.0673. The molecule has 0 saturated carbocycles. The van der Waals surface area contributed by atoms with Gasteiger partial charge in [-0.3, -0.25) is 4.79 Å². The number of rotatable bonds is 6. The Labute approximate surface area is 115 Å². The Bertz CT molecular complexity index is 416. The zero-order valence-electron chi connectivity index (χ0n) is 12.2. The van der Waals surface area contributed by atoms with Crippen LogP contribution in [-0.2, 0) is 11.2 Å². The highest BCUT2D eigenvalue weighted by atomic mass is 16.5. The van der Waals surface area contributed by atoms with Crippen molar-refractivity contribution in [2.24, 2.45) is 11.7 Å². The number of hydrogen-bond donors (Lipinski definition) is 1. The smallest absolute Gasteiger partial charge is 0.226 e. The summed E-state index contributed by atoms with van der Waals surface area (Å²) in [6, 6.07) is 7.85. The maximum atomic E-state index is 12.0. The van der Waals surface area contributed by atoms with E-state index >= 15 is 0 Å². The van der Waals surface area contributed by atoms with Crippen molar-refractivity contribution in [3.8, 4) is 5.75 Å². The molecular formula is C15H24N2O2. The van der Waals surface area contributed by atoms with E-state index in [2.05, 4.69) is 0 Å². The normalized spacial score (nSPS) is 12.3. The number of amides is 1. The summed E-state index contributed by atoms with van der Waals surface area (Å²) < 4.78 is 5.65. The molecule has 0 fully saturated rings. The molecule has 1 unspecified atom stereocenters. The molecule has 0 heterocycles. The maximum absolute atomic E-state index is 12.0. The van der Waals surface area contributed by atoms with E-state index in [4.69, 9.17) is 10.5 Å². The summed E-state index contributed by atoms with van der Waals surface area (Å²) in [5.41, 5.74) is 6.77. The second-order valence-electron chi connectivity index (χ2n) is 5.18. The predicted octanol–water partition coefficient (Wildman–Crippen LogP) is 1.68. The van der Waals surface area contributed by atoms with Gasteiger partial charge in [0.1, 0.15) is 5.75 Å². The Morgan fingerprint density at radius 2 is 2.05 bits per heavy atom. The first kappa shape index (κ1) is 15.5. The summed E-state index contributed by atoms with van der Waals surface area (Å²) in [5.74, 6) is 0.725. The van der Waals surface area contributed by atoms with Gasteiger partial charge < -0.3 is 15.4 Å². The molecule has 4 nitrogen and oxygen atoms in total. The molecule has 0 radical (unpaired) electrons. The Balaban J connectivity index is 2.77. The van der Waals surface area contributed by atoms with Crippen LogP contribution in [-0.4, -0.2) is 37.6 Å². The van der Waals surface area contributed by atoms with Crippen LogP contribution in [0.4, 0.5) is 0 Å². The van der Waals surface area contributed by atoms with Crippen molar-refractivity contribution in [1.29, 1.82) is 0 Å². The van der Waals surface area contributed by atoms with Crippen molar-refractivity contribution < 1.29 is 9.53 Å². The van der Waals surface area contributed by atoms with E-state index in [9.17, 15) is 4.79 Å². The summed E-state index contributed by atoms with van der Waals surface area (Å²) >= 11 is 0. The SMILES string of the molecule is CC(C)Oc1cccc(CC(CN)C(=O)N(C)C)c1. The van der Waals surface area contributed by atoms with Crippen molar-refractivity contribution in [2.75, 3.05) is 20.6 Å². The van der Waals surface area contributed by atoms with Gasteiger partial charge in [-0.25, -0.2) is 0 Å². The zero-order chi connectivity index (χ0) is 14.4. The number of nitrogens with two attached hydrogens (primary N) is 1. The second kappa shape index (κ2) is 7.14. The molecule has 1 aromatic rings. The van der Waals surface area contributed by atoms with Crippen molar-refractivity contribution in [2.45, 2.75) is 26.4 Å². The molecule has 2 N–H and O–H groups in total. The fourth-order valence-corrected chi connectivity index (χ4v) is 1.94. The van der Waals surface area contributed by atoms with E-state index in [-0.39, 0.29) is 17.9 Å². The molecule has 0 spiro atoms. The van der Waals surface area contributed by atoms with Gasteiger partial charge in [0.15, 0.2) is 0 Å². The molecular weight excluding hydrogens is 240 g/mol. The zero-order valence-corrected chi connectivity index (χ0v) is 12.2. The highest BCUT2D eigenvalue weighted by Crippen LogP contribution is 2.18. The highest BCUT2D eigenvalue weighted by Gasteiger charge is 2.19. The number of carbonyl (C=O) groups excluding carboxylic acids is 1. The predicted molar refractivity (Wildman–Crippen MR) is 77.1 cm³/mol. The van der Waals surface area contributed by atoms with Crippen LogP contribution in [0.3, 0.4) is 0 Å². The van der Waals surface area contributed by atoms with Gasteiger partial charge >= 0.3 is 0 Å². The molecule has 1 atom stereocenters. The van der Waals surface area contributed by atoms with Crippen LogP contribution in [0, 0.1) is 5.92 Å². The fourth-order valence-electron chi connectivity index (χ4n) is 1.94. The molecule has 0 bridgehead atoms. The van der Waals surface area contributed by atoms with E-state index in [0.717, 1.165) is 11.3 Å². The van der Waals surface area contributed by atoms with Crippen LogP contribution in [0.5, 0.6) is 5.75 Å². The molecule has 1 aromatic carbocycles. The monoisotopic (exact) mass is 264 g/mol. The number of nitrogens with zero attached hydrogens (tertiary/aromatic N) is 1. The number of benzene rings is 1. The topological polar surface area (TPSA) is 55.6 Å². The largest absolute Gasteiger partial charge is 0.491 e. The third-order valence-corrected chi connectivity index (χ3v) is 2.83. The number of ether oxygens (including phenoxy) is 1. The lowest BCUT2D eigenvalue weighted by atomic mass is 9.98.